The van der Waals surface area contributed by atoms with Crippen molar-refractivity contribution in [3.63, 3.8) is 0 Å². The second-order valence-electron chi connectivity index (χ2n) is 7.49. The van der Waals surface area contributed by atoms with Crippen LogP contribution in [0.2, 0.25) is 0 Å². The Hall–Kier alpha value is -1.55. The fraction of sp³-hybridized carbons (Fsp3) is 0.611. The van der Waals surface area contributed by atoms with E-state index < -0.39 is 21.4 Å². The van der Waals surface area contributed by atoms with Gasteiger partial charge >= 0.3 is 0 Å². The highest BCUT2D eigenvalue weighted by molar-refractivity contribution is 7.89. The molecule has 27 heavy (non-hydrogen) atoms. The van der Waals surface area contributed by atoms with Crippen LogP contribution < -0.4 is 0 Å². The molecule has 0 saturated carbocycles. The highest BCUT2D eigenvalue weighted by atomic mass is 32.2. The van der Waals surface area contributed by atoms with Crippen LogP contribution in [0.3, 0.4) is 0 Å². The summed E-state index contributed by atoms with van der Waals surface area (Å²) in [6.07, 6.45) is 1.10. The molecule has 0 radical (unpaired) electrons. The maximum atomic E-state index is 13.0. The van der Waals surface area contributed by atoms with E-state index in [-0.39, 0.29) is 29.8 Å². The van der Waals surface area contributed by atoms with Crippen molar-refractivity contribution in [2.45, 2.75) is 23.3 Å². The lowest BCUT2D eigenvalue weighted by molar-refractivity contribution is -0.136. The summed E-state index contributed by atoms with van der Waals surface area (Å²) in [5, 5.41) is 0. The van der Waals surface area contributed by atoms with Gasteiger partial charge in [-0.05, 0) is 36.6 Å². The summed E-state index contributed by atoms with van der Waals surface area (Å²) in [7, 11) is -3.64. The van der Waals surface area contributed by atoms with Gasteiger partial charge < -0.3 is 14.4 Å². The van der Waals surface area contributed by atoms with Crippen LogP contribution in [-0.4, -0.2) is 75.1 Å². The van der Waals surface area contributed by atoms with Crippen molar-refractivity contribution in [2.75, 3.05) is 46.0 Å². The molecule has 1 atom stereocenters. The number of morpholine rings is 1. The van der Waals surface area contributed by atoms with Crippen molar-refractivity contribution in [2.24, 2.45) is 5.92 Å². The molecule has 3 aliphatic rings. The van der Waals surface area contributed by atoms with Gasteiger partial charge in [-0.1, -0.05) is 0 Å². The Kier molecular flexibility index (Phi) is 4.96. The zero-order chi connectivity index (χ0) is 19.1. The van der Waals surface area contributed by atoms with E-state index in [2.05, 4.69) is 0 Å². The number of hydrogen-bond donors (Lipinski definition) is 0. The minimum atomic E-state index is -3.64. The Bertz CT molecular complexity index is 802. The van der Waals surface area contributed by atoms with Crippen LogP contribution >= 0.6 is 0 Å². The Labute approximate surface area is 158 Å². The van der Waals surface area contributed by atoms with Crippen molar-refractivity contribution < 1.29 is 27.1 Å². The van der Waals surface area contributed by atoms with Gasteiger partial charge in [0.15, 0.2) is 0 Å². The number of amides is 1. The molecule has 3 fully saturated rings. The monoisotopic (exact) mass is 398 g/mol. The summed E-state index contributed by atoms with van der Waals surface area (Å²) in [6.45, 7) is 3.42. The van der Waals surface area contributed by atoms with Crippen molar-refractivity contribution in [1.82, 2.24) is 9.21 Å². The van der Waals surface area contributed by atoms with E-state index in [0.29, 0.717) is 45.8 Å². The number of benzene rings is 1. The van der Waals surface area contributed by atoms with Crippen LogP contribution in [0.5, 0.6) is 0 Å². The lowest BCUT2D eigenvalue weighted by atomic mass is 9.87. The number of nitrogens with zero attached hydrogens (tertiary/aromatic N) is 2. The van der Waals surface area contributed by atoms with Crippen molar-refractivity contribution in [3.05, 3.63) is 30.1 Å². The smallest absolute Gasteiger partial charge is 0.243 e. The van der Waals surface area contributed by atoms with Gasteiger partial charge in [-0.3, -0.25) is 4.79 Å². The second-order valence-corrected chi connectivity index (χ2v) is 9.43. The molecule has 148 valence electrons. The van der Waals surface area contributed by atoms with Gasteiger partial charge in [-0.15, -0.1) is 0 Å². The number of carbonyl (C=O) groups is 1. The molecule has 1 aromatic carbocycles. The molecule has 9 heteroatoms. The number of hydrogen-bond acceptors (Lipinski definition) is 5. The molecule has 1 amide bonds. The van der Waals surface area contributed by atoms with Gasteiger partial charge in [0.1, 0.15) is 5.82 Å². The van der Waals surface area contributed by atoms with Crippen LogP contribution in [0.4, 0.5) is 4.39 Å². The predicted molar refractivity (Wildman–Crippen MR) is 94.0 cm³/mol. The fourth-order valence-electron chi connectivity index (χ4n) is 4.00. The molecule has 4 rings (SSSR count). The van der Waals surface area contributed by atoms with Gasteiger partial charge in [-0.25, -0.2) is 12.8 Å². The molecular weight excluding hydrogens is 375 g/mol. The van der Waals surface area contributed by atoms with Crippen LogP contribution in [0, 0.1) is 11.7 Å². The molecule has 1 aromatic rings. The van der Waals surface area contributed by atoms with Gasteiger partial charge in [0.25, 0.3) is 0 Å². The summed E-state index contributed by atoms with van der Waals surface area (Å²) >= 11 is 0. The Morgan fingerprint density at radius 2 is 1.85 bits per heavy atom. The van der Waals surface area contributed by atoms with E-state index in [1.807, 2.05) is 4.90 Å². The summed E-state index contributed by atoms with van der Waals surface area (Å²) in [5.74, 6) is -0.254. The van der Waals surface area contributed by atoms with Gasteiger partial charge in [-0.2, -0.15) is 4.31 Å². The molecule has 1 unspecified atom stereocenters. The third kappa shape index (κ3) is 3.73. The van der Waals surface area contributed by atoms with E-state index >= 15 is 0 Å². The Morgan fingerprint density at radius 1 is 1.19 bits per heavy atom. The largest absolute Gasteiger partial charge is 0.378 e. The summed E-state index contributed by atoms with van der Waals surface area (Å²) in [5.41, 5.74) is -0.497. The quantitative estimate of drug-likeness (QED) is 0.752. The topological polar surface area (TPSA) is 76.2 Å². The number of rotatable bonds is 4. The summed E-state index contributed by atoms with van der Waals surface area (Å²) in [4.78, 5) is 14.3. The van der Waals surface area contributed by atoms with Gasteiger partial charge in [0, 0.05) is 32.6 Å². The van der Waals surface area contributed by atoms with Gasteiger partial charge in [0.05, 0.1) is 30.3 Å². The van der Waals surface area contributed by atoms with Crippen LogP contribution in [0.1, 0.15) is 12.8 Å². The number of sulfonamides is 1. The molecule has 3 saturated heterocycles. The molecule has 0 N–H and O–H groups in total. The average molecular weight is 398 g/mol. The minimum Gasteiger partial charge on any atom is -0.378 e. The van der Waals surface area contributed by atoms with E-state index in [0.717, 1.165) is 12.1 Å². The molecule has 1 spiro atoms. The average Bonchev–Trinajstić information content (AvgIpc) is 3.06. The van der Waals surface area contributed by atoms with E-state index in [1.54, 1.807) is 0 Å². The first-order valence-electron chi connectivity index (χ1n) is 9.13. The SMILES string of the molecule is O=C(CC1COC2(C1)CN(S(=O)(=O)c1ccc(F)cc1)C2)N1CCOCC1. The standard InChI is InChI=1S/C18H23FN2O5S/c19-15-1-3-16(4-2-15)27(23,24)21-12-18(13-21)10-14(11-26-18)9-17(22)20-5-7-25-8-6-20/h1-4,14H,5-13H2. The Balaban J connectivity index is 1.32. The van der Waals surface area contributed by atoms with Crippen LogP contribution in [0.25, 0.3) is 0 Å². The van der Waals surface area contributed by atoms with Crippen molar-refractivity contribution in [1.29, 1.82) is 0 Å². The molecule has 0 bridgehead atoms. The van der Waals surface area contributed by atoms with E-state index in [9.17, 15) is 17.6 Å². The number of halogens is 1. The Morgan fingerprint density at radius 3 is 2.52 bits per heavy atom. The normalized spacial score (nSPS) is 25.5. The summed E-state index contributed by atoms with van der Waals surface area (Å²) < 4.78 is 50.8. The highest BCUT2D eigenvalue weighted by Crippen LogP contribution is 2.41. The van der Waals surface area contributed by atoms with E-state index in [1.165, 1.54) is 16.4 Å². The fourth-order valence-corrected chi connectivity index (χ4v) is 5.59. The first-order valence-corrected chi connectivity index (χ1v) is 10.6. The maximum Gasteiger partial charge on any atom is 0.243 e. The van der Waals surface area contributed by atoms with Crippen molar-refractivity contribution >= 4 is 15.9 Å². The number of ether oxygens (including phenoxy) is 2. The number of carbonyl (C=O) groups excluding carboxylic acids is 1. The third-order valence-corrected chi connectivity index (χ3v) is 7.30. The van der Waals surface area contributed by atoms with E-state index in [4.69, 9.17) is 9.47 Å². The molecular formula is C18H23FN2O5S. The zero-order valence-corrected chi connectivity index (χ0v) is 15.8. The lowest BCUT2D eigenvalue weighted by Gasteiger charge is -2.46. The molecule has 0 aliphatic carbocycles. The third-order valence-electron chi connectivity index (χ3n) is 5.49. The lowest BCUT2D eigenvalue weighted by Crippen LogP contribution is -2.63. The first kappa shape index (κ1) is 18.8. The van der Waals surface area contributed by atoms with Crippen LogP contribution in [-0.2, 0) is 24.3 Å². The highest BCUT2D eigenvalue weighted by Gasteiger charge is 2.53. The molecule has 3 aliphatic heterocycles. The minimum absolute atomic E-state index is 0.0794. The first-order chi connectivity index (χ1) is 12.9. The van der Waals surface area contributed by atoms with Gasteiger partial charge in [0.2, 0.25) is 15.9 Å². The van der Waals surface area contributed by atoms with Crippen LogP contribution in [0.15, 0.2) is 29.2 Å². The zero-order valence-electron chi connectivity index (χ0n) is 15.0. The summed E-state index contributed by atoms with van der Waals surface area (Å²) in [6, 6.07) is 4.83. The molecule has 7 nitrogen and oxygen atoms in total. The predicted octanol–water partition coefficient (Wildman–Crippen LogP) is 0.854. The molecule has 3 heterocycles. The molecule has 0 aromatic heterocycles. The maximum absolute atomic E-state index is 13.0. The van der Waals surface area contributed by atoms with Crippen molar-refractivity contribution in [3.8, 4) is 0 Å². The second kappa shape index (κ2) is 7.12.